The third kappa shape index (κ3) is 4.28. The molecule has 0 saturated carbocycles. The minimum Gasteiger partial charge on any atom is -0.392 e. The quantitative estimate of drug-likeness (QED) is 0.532. The molecule has 0 unspecified atom stereocenters. The summed E-state index contributed by atoms with van der Waals surface area (Å²) < 4.78 is 0. The molecule has 0 aromatic heterocycles. The van der Waals surface area contributed by atoms with E-state index in [1.165, 1.54) is 12.2 Å². The van der Waals surface area contributed by atoms with Crippen molar-refractivity contribution in [3.63, 3.8) is 0 Å². The molecule has 3 heteroatoms. The van der Waals surface area contributed by atoms with E-state index >= 15 is 0 Å². The molecule has 0 atom stereocenters. The van der Waals surface area contributed by atoms with Gasteiger partial charge in [-0.15, -0.1) is 0 Å². The Morgan fingerprint density at radius 1 is 1.25 bits per heavy atom. The second-order valence-corrected chi connectivity index (χ2v) is 2.99. The van der Waals surface area contributed by atoms with Crippen LogP contribution in [0.25, 0.3) is 0 Å². The zero-order valence-electron chi connectivity index (χ0n) is 7.49. The highest BCUT2D eigenvalue weighted by Crippen LogP contribution is 2.16. The summed E-state index contributed by atoms with van der Waals surface area (Å²) in [6.45, 7) is 3.06. The molecule has 0 rings (SSSR count). The molecule has 0 fully saturated rings. The van der Waals surface area contributed by atoms with Crippen molar-refractivity contribution < 1.29 is 15.3 Å². The van der Waals surface area contributed by atoms with Crippen molar-refractivity contribution in [2.45, 2.75) is 19.4 Å². The smallest absolute Gasteiger partial charge is 0.0838 e. The average molecular weight is 172 g/mol. The number of hydrogen-bond donors (Lipinski definition) is 3. The van der Waals surface area contributed by atoms with Crippen LogP contribution >= 0.6 is 0 Å². The highest BCUT2D eigenvalue weighted by Gasteiger charge is 2.15. The summed E-state index contributed by atoms with van der Waals surface area (Å²) in [5, 5.41) is 26.6. The standard InChI is InChI=1S/C9H16O3/c1-9(2,12)8(5-7-11)4-3-6-10/h3-5,10-12H,6-7H2,1-2H3. The molecule has 0 amide bonds. The second kappa shape index (κ2) is 5.09. The molecule has 0 aromatic rings. The van der Waals surface area contributed by atoms with Crippen LogP contribution in [-0.4, -0.2) is 34.1 Å². The Hall–Kier alpha value is -0.640. The summed E-state index contributed by atoms with van der Waals surface area (Å²) in [6.07, 6.45) is 4.61. The Kier molecular flexibility index (Phi) is 4.81. The summed E-state index contributed by atoms with van der Waals surface area (Å²) in [4.78, 5) is 0. The van der Waals surface area contributed by atoms with Crippen LogP contribution in [0.4, 0.5) is 0 Å². The molecule has 70 valence electrons. The van der Waals surface area contributed by atoms with E-state index < -0.39 is 5.60 Å². The molecule has 0 saturated heterocycles. The predicted octanol–water partition coefficient (Wildman–Crippen LogP) is 0.224. The van der Waals surface area contributed by atoms with Gasteiger partial charge in [0.1, 0.15) is 0 Å². The van der Waals surface area contributed by atoms with E-state index in [9.17, 15) is 5.11 Å². The largest absolute Gasteiger partial charge is 0.392 e. The topological polar surface area (TPSA) is 60.7 Å². The Labute approximate surface area is 72.7 Å². The first kappa shape index (κ1) is 11.4. The molecular formula is C9H16O3. The lowest BCUT2D eigenvalue weighted by molar-refractivity contribution is 0.122. The number of aliphatic hydroxyl groups excluding tert-OH is 2. The summed E-state index contributed by atoms with van der Waals surface area (Å²) >= 11 is 0. The first-order chi connectivity index (χ1) is 5.52. The van der Waals surface area contributed by atoms with Gasteiger partial charge >= 0.3 is 0 Å². The molecule has 0 aromatic carbocycles. The zero-order chi connectivity index (χ0) is 9.61. The second-order valence-electron chi connectivity index (χ2n) is 2.99. The van der Waals surface area contributed by atoms with Gasteiger partial charge in [0.25, 0.3) is 0 Å². The first-order valence-corrected chi connectivity index (χ1v) is 3.83. The maximum absolute atomic E-state index is 9.52. The first-order valence-electron chi connectivity index (χ1n) is 3.83. The fraction of sp³-hybridized carbons (Fsp3) is 0.556. The Morgan fingerprint density at radius 2 is 1.83 bits per heavy atom. The highest BCUT2D eigenvalue weighted by molar-refractivity contribution is 5.26. The van der Waals surface area contributed by atoms with Crippen molar-refractivity contribution >= 4 is 0 Å². The molecule has 0 bridgehead atoms. The van der Waals surface area contributed by atoms with Crippen molar-refractivity contribution in [2.75, 3.05) is 13.2 Å². The van der Waals surface area contributed by atoms with Crippen LogP contribution in [0.2, 0.25) is 0 Å². The van der Waals surface area contributed by atoms with Gasteiger partial charge < -0.3 is 15.3 Å². The van der Waals surface area contributed by atoms with E-state index in [1.54, 1.807) is 19.9 Å². The van der Waals surface area contributed by atoms with E-state index in [2.05, 4.69) is 0 Å². The maximum atomic E-state index is 9.52. The van der Waals surface area contributed by atoms with Gasteiger partial charge in [-0.25, -0.2) is 0 Å². The molecule has 0 spiro atoms. The van der Waals surface area contributed by atoms with E-state index in [4.69, 9.17) is 10.2 Å². The van der Waals surface area contributed by atoms with Gasteiger partial charge in [-0.2, -0.15) is 0 Å². The van der Waals surface area contributed by atoms with Crippen LogP contribution in [0, 0.1) is 0 Å². The molecule has 0 heterocycles. The Morgan fingerprint density at radius 3 is 2.17 bits per heavy atom. The zero-order valence-corrected chi connectivity index (χ0v) is 7.49. The van der Waals surface area contributed by atoms with Crippen LogP contribution in [-0.2, 0) is 0 Å². The van der Waals surface area contributed by atoms with Crippen LogP contribution < -0.4 is 0 Å². The van der Waals surface area contributed by atoms with Gasteiger partial charge in [-0.05, 0) is 19.4 Å². The SMILES string of the molecule is CC(C)(O)C(C=CCO)=CCO. The summed E-state index contributed by atoms with van der Waals surface area (Å²) in [5.74, 6) is 0. The number of rotatable bonds is 4. The average Bonchev–Trinajstić information content (AvgIpc) is 1.95. The maximum Gasteiger partial charge on any atom is 0.0838 e. The van der Waals surface area contributed by atoms with E-state index in [1.807, 2.05) is 0 Å². The fourth-order valence-corrected chi connectivity index (χ4v) is 0.800. The predicted molar refractivity (Wildman–Crippen MR) is 47.7 cm³/mol. The molecule has 0 aliphatic heterocycles. The number of aliphatic hydroxyl groups is 3. The summed E-state index contributed by atoms with van der Waals surface area (Å²) in [7, 11) is 0. The van der Waals surface area contributed by atoms with Gasteiger partial charge in [-0.3, -0.25) is 0 Å². The third-order valence-corrected chi connectivity index (χ3v) is 1.42. The van der Waals surface area contributed by atoms with Gasteiger partial charge in [0, 0.05) is 0 Å². The van der Waals surface area contributed by atoms with Gasteiger partial charge in [0.15, 0.2) is 0 Å². The van der Waals surface area contributed by atoms with Crippen molar-refractivity contribution in [3.05, 3.63) is 23.8 Å². The monoisotopic (exact) mass is 172 g/mol. The molecule has 0 aliphatic carbocycles. The van der Waals surface area contributed by atoms with Crippen molar-refractivity contribution in [1.29, 1.82) is 0 Å². The highest BCUT2D eigenvalue weighted by atomic mass is 16.3. The molecule has 3 nitrogen and oxygen atoms in total. The minimum absolute atomic E-state index is 0.0706. The van der Waals surface area contributed by atoms with E-state index in [0.717, 1.165) is 0 Å². The van der Waals surface area contributed by atoms with Crippen LogP contribution in [0.3, 0.4) is 0 Å². The van der Waals surface area contributed by atoms with Gasteiger partial charge in [0.05, 0.1) is 18.8 Å². The van der Waals surface area contributed by atoms with Crippen LogP contribution in [0.5, 0.6) is 0 Å². The van der Waals surface area contributed by atoms with Gasteiger partial charge in [-0.1, -0.05) is 18.2 Å². The van der Waals surface area contributed by atoms with E-state index in [0.29, 0.717) is 5.57 Å². The van der Waals surface area contributed by atoms with Crippen molar-refractivity contribution in [2.24, 2.45) is 0 Å². The van der Waals surface area contributed by atoms with Crippen LogP contribution in [0.1, 0.15) is 13.8 Å². The lowest BCUT2D eigenvalue weighted by atomic mass is 9.97. The summed E-state index contributed by atoms with van der Waals surface area (Å²) in [5.41, 5.74) is -0.381. The molecular weight excluding hydrogens is 156 g/mol. The fourth-order valence-electron chi connectivity index (χ4n) is 0.800. The lowest BCUT2D eigenvalue weighted by Gasteiger charge is -2.18. The normalized spacial score (nSPS) is 14.2. The van der Waals surface area contributed by atoms with Crippen LogP contribution in [0.15, 0.2) is 23.8 Å². The van der Waals surface area contributed by atoms with Crippen molar-refractivity contribution in [3.8, 4) is 0 Å². The molecule has 0 radical (unpaired) electrons. The summed E-state index contributed by atoms with van der Waals surface area (Å²) in [6, 6.07) is 0. The minimum atomic E-state index is -0.978. The van der Waals surface area contributed by atoms with Gasteiger partial charge in [0.2, 0.25) is 0 Å². The Bertz CT molecular complexity index is 175. The lowest BCUT2D eigenvalue weighted by Crippen LogP contribution is -2.21. The van der Waals surface area contributed by atoms with Crippen molar-refractivity contribution in [1.82, 2.24) is 0 Å². The molecule has 12 heavy (non-hydrogen) atoms. The van der Waals surface area contributed by atoms with E-state index in [-0.39, 0.29) is 13.2 Å². The molecule has 3 N–H and O–H groups in total. The molecule has 0 aliphatic rings. The Balaban J connectivity index is 4.46. The number of hydrogen-bond acceptors (Lipinski definition) is 3. The third-order valence-electron chi connectivity index (χ3n) is 1.42.